The van der Waals surface area contributed by atoms with Crippen molar-refractivity contribution < 1.29 is 23.9 Å². The van der Waals surface area contributed by atoms with Gasteiger partial charge in [0.2, 0.25) is 5.91 Å². The smallest absolute Gasteiger partial charge is 0.266 e. The highest BCUT2D eigenvalue weighted by molar-refractivity contribution is 6.31. The van der Waals surface area contributed by atoms with Gasteiger partial charge in [0.15, 0.2) is 6.10 Å². The quantitative estimate of drug-likeness (QED) is 0.619. The monoisotopic (exact) mass is 438 g/mol. The van der Waals surface area contributed by atoms with Gasteiger partial charge in [0, 0.05) is 0 Å². The molecule has 2 saturated heterocycles. The molecule has 8 heteroatoms. The highest BCUT2D eigenvalue weighted by Crippen LogP contribution is 2.47. The fraction of sp³-hybridized carbons (Fsp3) is 0.130. The van der Waals surface area contributed by atoms with Crippen molar-refractivity contribution in [2.75, 3.05) is 9.96 Å². The summed E-state index contributed by atoms with van der Waals surface area (Å²) in [5.41, 5.74) is 1.48. The van der Waals surface area contributed by atoms with Crippen molar-refractivity contribution in [1.82, 2.24) is 0 Å². The predicted octanol–water partition coefficient (Wildman–Crippen LogP) is 4.24. The second-order valence-electron chi connectivity index (χ2n) is 7.36. The van der Waals surface area contributed by atoms with E-state index >= 15 is 0 Å². The summed E-state index contributed by atoms with van der Waals surface area (Å²) >= 11 is 5.74. The van der Waals surface area contributed by atoms with E-state index in [0.29, 0.717) is 11.3 Å². The van der Waals surface area contributed by atoms with Crippen LogP contribution in [-0.2, 0) is 14.4 Å². The van der Waals surface area contributed by atoms with Crippen molar-refractivity contribution in [2.24, 2.45) is 5.92 Å². The Labute approximate surface area is 182 Å². The minimum atomic E-state index is -1.06. The number of imide groups is 1. The molecule has 156 valence electrons. The Bertz CT molecular complexity index is 1170. The number of hydrogen-bond acceptors (Lipinski definition) is 5. The molecule has 0 aromatic heterocycles. The maximum absolute atomic E-state index is 14.0. The van der Waals surface area contributed by atoms with Gasteiger partial charge in [-0.15, -0.1) is 0 Å². The van der Waals surface area contributed by atoms with E-state index in [1.165, 1.54) is 24.3 Å². The van der Waals surface area contributed by atoms with Gasteiger partial charge >= 0.3 is 0 Å². The number of hydroxylamine groups is 1. The molecular formula is C23H16ClFN2O4. The average Bonchev–Trinajstić information content (AvgIpc) is 3.28. The number of phenolic OH excluding ortho intramolecular Hbond substituents is 1. The Kier molecular flexibility index (Phi) is 4.64. The fourth-order valence-electron chi connectivity index (χ4n) is 4.10. The summed E-state index contributed by atoms with van der Waals surface area (Å²) in [7, 11) is 0. The van der Waals surface area contributed by atoms with E-state index in [-0.39, 0.29) is 16.5 Å². The molecule has 2 aliphatic heterocycles. The first-order valence-corrected chi connectivity index (χ1v) is 9.96. The van der Waals surface area contributed by atoms with E-state index in [1.54, 1.807) is 17.2 Å². The normalized spacial score (nSPS) is 22.8. The number of phenols is 1. The summed E-state index contributed by atoms with van der Waals surface area (Å²) < 4.78 is 14.0. The van der Waals surface area contributed by atoms with Gasteiger partial charge in [-0.25, -0.2) is 14.4 Å². The van der Waals surface area contributed by atoms with Gasteiger partial charge in [-0.3, -0.25) is 14.4 Å². The van der Waals surface area contributed by atoms with Crippen LogP contribution in [0.3, 0.4) is 0 Å². The maximum Gasteiger partial charge on any atom is 0.266 e. The van der Waals surface area contributed by atoms with Crippen LogP contribution in [0.2, 0.25) is 5.02 Å². The largest absolute Gasteiger partial charge is 0.508 e. The third-order valence-corrected chi connectivity index (χ3v) is 5.83. The topological polar surface area (TPSA) is 70.1 Å². The summed E-state index contributed by atoms with van der Waals surface area (Å²) in [5, 5.41) is 11.1. The minimum Gasteiger partial charge on any atom is -0.508 e. The highest BCUT2D eigenvalue weighted by atomic mass is 35.5. The average molecular weight is 439 g/mol. The van der Waals surface area contributed by atoms with Crippen molar-refractivity contribution in [3.63, 3.8) is 0 Å². The fourth-order valence-corrected chi connectivity index (χ4v) is 4.22. The van der Waals surface area contributed by atoms with Gasteiger partial charge in [-0.1, -0.05) is 41.9 Å². The number of nitrogens with zero attached hydrogens (tertiary/aromatic N) is 2. The summed E-state index contributed by atoms with van der Waals surface area (Å²) in [6.45, 7) is 0. The van der Waals surface area contributed by atoms with E-state index in [9.17, 15) is 19.1 Å². The molecule has 2 fully saturated rings. The lowest BCUT2D eigenvalue weighted by Crippen LogP contribution is -2.37. The Morgan fingerprint density at radius 3 is 2.29 bits per heavy atom. The van der Waals surface area contributed by atoms with Crippen LogP contribution in [0.4, 0.5) is 15.8 Å². The first-order valence-electron chi connectivity index (χ1n) is 9.58. The van der Waals surface area contributed by atoms with Crippen molar-refractivity contribution in [2.45, 2.75) is 12.1 Å². The number of para-hydroxylation sites is 1. The van der Waals surface area contributed by atoms with Crippen molar-refractivity contribution in [1.29, 1.82) is 0 Å². The number of fused-ring (bicyclic) bond motifs is 1. The number of anilines is 2. The number of hydrogen-bond donors (Lipinski definition) is 1. The number of carbonyl (C=O) groups is 2. The van der Waals surface area contributed by atoms with Gasteiger partial charge in [0.25, 0.3) is 5.91 Å². The summed E-state index contributed by atoms with van der Waals surface area (Å²) in [4.78, 5) is 33.5. The molecule has 0 aliphatic carbocycles. The molecule has 1 N–H and O–H groups in total. The van der Waals surface area contributed by atoms with Crippen LogP contribution in [0, 0.1) is 11.7 Å². The molecule has 5 rings (SSSR count). The van der Waals surface area contributed by atoms with Crippen molar-refractivity contribution in [3.8, 4) is 5.75 Å². The van der Waals surface area contributed by atoms with Crippen LogP contribution in [0.15, 0.2) is 72.8 Å². The molecule has 2 amide bonds. The Morgan fingerprint density at radius 2 is 1.61 bits per heavy atom. The van der Waals surface area contributed by atoms with Crippen LogP contribution in [0.1, 0.15) is 11.6 Å². The second kappa shape index (κ2) is 7.37. The number of carbonyl (C=O) groups excluding carboxylic acids is 2. The number of amides is 2. The highest BCUT2D eigenvalue weighted by Gasteiger charge is 2.60. The zero-order chi connectivity index (χ0) is 21.7. The van der Waals surface area contributed by atoms with Crippen LogP contribution < -0.4 is 9.96 Å². The van der Waals surface area contributed by atoms with Gasteiger partial charge in [-0.2, -0.15) is 0 Å². The molecule has 31 heavy (non-hydrogen) atoms. The lowest BCUT2D eigenvalue weighted by atomic mass is 9.90. The van der Waals surface area contributed by atoms with E-state index in [0.717, 1.165) is 11.0 Å². The van der Waals surface area contributed by atoms with E-state index in [4.69, 9.17) is 16.4 Å². The SMILES string of the molecule is O=C1[C@H]2[C@@H](c3ccc(O)cc3)N(c3ccccc3)O[C@H]2C(=O)N1c1ccc(Cl)c(F)c1. The molecule has 2 heterocycles. The van der Waals surface area contributed by atoms with Crippen LogP contribution in [0.25, 0.3) is 0 Å². The van der Waals surface area contributed by atoms with Gasteiger partial charge < -0.3 is 5.11 Å². The molecule has 0 bridgehead atoms. The Morgan fingerprint density at radius 1 is 0.903 bits per heavy atom. The zero-order valence-corrected chi connectivity index (χ0v) is 16.7. The van der Waals surface area contributed by atoms with Crippen molar-refractivity contribution in [3.05, 3.63) is 89.2 Å². The minimum absolute atomic E-state index is 0.0811. The summed E-state index contributed by atoms with van der Waals surface area (Å²) in [5.74, 6) is -2.56. The van der Waals surface area contributed by atoms with E-state index in [2.05, 4.69) is 0 Å². The molecule has 0 spiro atoms. The van der Waals surface area contributed by atoms with Gasteiger partial charge in [-0.05, 0) is 48.0 Å². The standard InChI is InChI=1S/C23H16ClFN2O4/c24-17-11-8-15(12-18(17)25)26-22(29)19-20(13-6-9-16(28)10-7-13)27(31-21(19)23(26)30)14-4-2-1-3-5-14/h1-12,19-21,28H/t19-,20+,21+/m0/s1. The van der Waals surface area contributed by atoms with Gasteiger partial charge in [0.05, 0.1) is 22.4 Å². The molecule has 6 nitrogen and oxygen atoms in total. The maximum atomic E-state index is 14.0. The molecule has 2 aliphatic rings. The first kappa shape index (κ1) is 19.5. The molecular weight excluding hydrogens is 423 g/mol. The van der Waals surface area contributed by atoms with Crippen LogP contribution >= 0.6 is 11.6 Å². The third-order valence-electron chi connectivity index (χ3n) is 5.52. The molecule has 0 unspecified atom stereocenters. The summed E-state index contributed by atoms with van der Waals surface area (Å²) in [6.07, 6.45) is -1.06. The Hall–Kier alpha value is -3.42. The Balaban J connectivity index is 1.58. The zero-order valence-electron chi connectivity index (χ0n) is 16.0. The number of aromatic hydroxyl groups is 1. The molecule has 3 atom stereocenters. The van der Waals surface area contributed by atoms with Crippen LogP contribution in [-0.4, -0.2) is 23.0 Å². The third kappa shape index (κ3) is 3.13. The molecule has 3 aromatic carbocycles. The number of benzene rings is 3. The lowest BCUT2D eigenvalue weighted by Gasteiger charge is -2.28. The second-order valence-corrected chi connectivity index (χ2v) is 7.77. The molecule has 3 aromatic rings. The van der Waals surface area contributed by atoms with E-state index in [1.807, 2.05) is 30.3 Å². The number of halogens is 2. The van der Waals surface area contributed by atoms with Gasteiger partial charge in [0.1, 0.15) is 17.5 Å². The predicted molar refractivity (Wildman–Crippen MR) is 112 cm³/mol. The van der Waals surface area contributed by atoms with E-state index < -0.39 is 35.7 Å². The number of rotatable bonds is 3. The lowest BCUT2D eigenvalue weighted by molar-refractivity contribution is -0.126. The first-order chi connectivity index (χ1) is 15.0. The summed E-state index contributed by atoms with van der Waals surface area (Å²) in [6, 6.07) is 18.7. The van der Waals surface area contributed by atoms with Crippen molar-refractivity contribution >= 4 is 34.8 Å². The molecule has 0 saturated carbocycles. The van der Waals surface area contributed by atoms with Crippen LogP contribution in [0.5, 0.6) is 5.75 Å². The molecule has 0 radical (unpaired) electrons.